The number of carbonyl (C=O) groups is 1. The standard InChI is InChI=1S/C13H9Cl3N2O/c14-8-3-4-11(10(15)5-8)18-13(16)9(6-19)12(17-18)7-1-2-7/h3-7H,1-2H2. The second kappa shape index (κ2) is 4.82. The summed E-state index contributed by atoms with van der Waals surface area (Å²) in [6, 6.07) is 5.06. The van der Waals surface area contributed by atoms with Crippen molar-refractivity contribution in [3.05, 3.63) is 44.7 Å². The van der Waals surface area contributed by atoms with Gasteiger partial charge in [-0.3, -0.25) is 4.79 Å². The fourth-order valence-corrected chi connectivity index (χ4v) is 2.76. The van der Waals surface area contributed by atoms with Crippen LogP contribution in [0.3, 0.4) is 0 Å². The topological polar surface area (TPSA) is 34.9 Å². The maximum absolute atomic E-state index is 11.2. The smallest absolute Gasteiger partial charge is 0.155 e. The van der Waals surface area contributed by atoms with Crippen molar-refractivity contribution in [3.63, 3.8) is 0 Å². The summed E-state index contributed by atoms with van der Waals surface area (Å²) >= 11 is 18.2. The molecule has 1 aromatic heterocycles. The molecule has 0 saturated heterocycles. The number of aldehydes is 1. The summed E-state index contributed by atoms with van der Waals surface area (Å²) in [5.74, 6) is 0.338. The summed E-state index contributed by atoms with van der Waals surface area (Å²) in [6.07, 6.45) is 2.84. The number of hydrogen-bond donors (Lipinski definition) is 0. The highest BCUT2D eigenvalue weighted by Gasteiger charge is 2.31. The first kappa shape index (κ1) is 13.0. The van der Waals surface area contributed by atoms with Crippen LogP contribution in [0, 0.1) is 0 Å². The zero-order chi connectivity index (χ0) is 13.6. The number of benzene rings is 1. The quantitative estimate of drug-likeness (QED) is 0.780. The summed E-state index contributed by atoms with van der Waals surface area (Å²) in [5, 5.41) is 5.70. The molecule has 6 heteroatoms. The van der Waals surface area contributed by atoms with Gasteiger partial charge >= 0.3 is 0 Å². The Bertz CT molecular complexity index is 662. The highest BCUT2D eigenvalue weighted by atomic mass is 35.5. The summed E-state index contributed by atoms with van der Waals surface area (Å²) in [7, 11) is 0. The van der Waals surface area contributed by atoms with Crippen LogP contribution in [-0.2, 0) is 0 Å². The maximum Gasteiger partial charge on any atom is 0.155 e. The molecule has 2 aromatic rings. The van der Waals surface area contributed by atoms with Gasteiger partial charge < -0.3 is 0 Å². The van der Waals surface area contributed by atoms with Crippen LogP contribution in [0.15, 0.2) is 18.2 Å². The molecule has 1 aliphatic rings. The van der Waals surface area contributed by atoms with E-state index in [1.165, 1.54) is 4.68 Å². The van der Waals surface area contributed by atoms with Crippen molar-refractivity contribution < 1.29 is 4.79 Å². The molecule has 0 N–H and O–H groups in total. The van der Waals surface area contributed by atoms with E-state index in [-0.39, 0.29) is 0 Å². The van der Waals surface area contributed by atoms with Crippen LogP contribution < -0.4 is 0 Å². The van der Waals surface area contributed by atoms with E-state index in [4.69, 9.17) is 34.8 Å². The number of nitrogens with zero attached hydrogens (tertiary/aromatic N) is 2. The zero-order valence-electron chi connectivity index (χ0n) is 9.74. The number of aromatic nitrogens is 2. The monoisotopic (exact) mass is 314 g/mol. The van der Waals surface area contributed by atoms with Crippen LogP contribution in [0.2, 0.25) is 15.2 Å². The van der Waals surface area contributed by atoms with E-state index in [1.807, 2.05) is 0 Å². The van der Waals surface area contributed by atoms with Gasteiger partial charge in [0.15, 0.2) is 6.29 Å². The van der Waals surface area contributed by atoms with E-state index < -0.39 is 0 Å². The predicted molar refractivity (Wildman–Crippen MR) is 76.0 cm³/mol. The first-order valence-electron chi connectivity index (χ1n) is 5.81. The molecule has 0 radical (unpaired) electrons. The Morgan fingerprint density at radius 3 is 2.58 bits per heavy atom. The lowest BCUT2D eigenvalue weighted by molar-refractivity contribution is 0.112. The Morgan fingerprint density at radius 2 is 2.00 bits per heavy atom. The van der Waals surface area contributed by atoms with E-state index >= 15 is 0 Å². The normalized spacial score (nSPS) is 14.7. The van der Waals surface area contributed by atoms with Gasteiger partial charge in [-0.15, -0.1) is 0 Å². The molecule has 0 spiro atoms. The molecular weight excluding hydrogens is 307 g/mol. The van der Waals surface area contributed by atoms with Crippen molar-refractivity contribution in [2.45, 2.75) is 18.8 Å². The summed E-state index contributed by atoms with van der Waals surface area (Å²) in [5.41, 5.74) is 1.83. The average Bonchev–Trinajstić information content (AvgIpc) is 3.15. The van der Waals surface area contributed by atoms with E-state index in [0.717, 1.165) is 24.8 Å². The molecule has 3 rings (SSSR count). The van der Waals surface area contributed by atoms with Crippen LogP contribution in [0.4, 0.5) is 0 Å². The van der Waals surface area contributed by atoms with Gasteiger partial charge in [-0.25, -0.2) is 4.68 Å². The lowest BCUT2D eigenvalue weighted by atomic mass is 10.2. The fourth-order valence-electron chi connectivity index (χ4n) is 2.01. The van der Waals surface area contributed by atoms with Gasteiger partial charge in [0.05, 0.1) is 22.0 Å². The molecule has 0 bridgehead atoms. The van der Waals surface area contributed by atoms with Crippen molar-refractivity contribution in [2.24, 2.45) is 0 Å². The van der Waals surface area contributed by atoms with Gasteiger partial charge in [0, 0.05) is 10.9 Å². The van der Waals surface area contributed by atoms with E-state index in [2.05, 4.69) is 5.10 Å². The summed E-state index contributed by atoms with van der Waals surface area (Å²) in [6.45, 7) is 0. The number of hydrogen-bond acceptors (Lipinski definition) is 2. The molecule has 19 heavy (non-hydrogen) atoms. The van der Waals surface area contributed by atoms with E-state index in [1.54, 1.807) is 18.2 Å². The lowest BCUT2D eigenvalue weighted by Gasteiger charge is -2.05. The molecule has 0 amide bonds. The Labute approximate surface area is 125 Å². The third-order valence-corrected chi connectivity index (χ3v) is 4.01. The van der Waals surface area contributed by atoms with Crippen molar-refractivity contribution in [1.82, 2.24) is 9.78 Å². The molecular formula is C13H9Cl3N2O. The molecule has 1 saturated carbocycles. The number of halogens is 3. The van der Waals surface area contributed by atoms with Crippen molar-refractivity contribution in [2.75, 3.05) is 0 Å². The molecule has 1 aromatic carbocycles. The molecule has 1 aliphatic carbocycles. The minimum atomic E-state index is 0.293. The molecule has 1 heterocycles. The highest BCUT2D eigenvalue weighted by molar-refractivity contribution is 6.36. The Balaban J connectivity index is 2.17. The van der Waals surface area contributed by atoms with Gasteiger partial charge in [-0.05, 0) is 31.0 Å². The predicted octanol–water partition coefficient (Wildman–Crippen LogP) is 4.52. The van der Waals surface area contributed by atoms with Crippen molar-refractivity contribution >= 4 is 41.1 Å². The van der Waals surface area contributed by atoms with Gasteiger partial charge in [0.2, 0.25) is 0 Å². The summed E-state index contributed by atoms with van der Waals surface area (Å²) < 4.78 is 1.50. The molecule has 0 atom stereocenters. The molecule has 98 valence electrons. The SMILES string of the molecule is O=Cc1c(C2CC2)nn(-c2ccc(Cl)cc2Cl)c1Cl. The van der Waals surface area contributed by atoms with Crippen LogP contribution >= 0.6 is 34.8 Å². The van der Waals surface area contributed by atoms with Gasteiger partial charge in [0.25, 0.3) is 0 Å². The van der Waals surface area contributed by atoms with Crippen molar-refractivity contribution in [3.8, 4) is 5.69 Å². The van der Waals surface area contributed by atoms with Gasteiger partial charge in [-0.2, -0.15) is 5.10 Å². The Morgan fingerprint density at radius 1 is 1.26 bits per heavy atom. The first-order chi connectivity index (χ1) is 9.11. The lowest BCUT2D eigenvalue weighted by Crippen LogP contribution is -1.98. The largest absolute Gasteiger partial charge is 0.298 e. The van der Waals surface area contributed by atoms with Crippen LogP contribution in [0.5, 0.6) is 0 Å². The number of carbonyl (C=O) groups excluding carboxylic acids is 1. The third kappa shape index (κ3) is 2.27. The number of rotatable bonds is 3. The second-order valence-corrected chi connectivity index (χ2v) is 5.69. The minimum absolute atomic E-state index is 0.293. The molecule has 1 fully saturated rings. The van der Waals surface area contributed by atoms with Crippen LogP contribution in [0.25, 0.3) is 5.69 Å². The molecule has 0 unspecified atom stereocenters. The van der Waals surface area contributed by atoms with Gasteiger partial charge in [-0.1, -0.05) is 34.8 Å². The summed E-state index contributed by atoms with van der Waals surface area (Å²) in [4.78, 5) is 11.2. The third-order valence-electron chi connectivity index (χ3n) is 3.11. The Kier molecular flexibility index (Phi) is 3.29. The first-order valence-corrected chi connectivity index (χ1v) is 6.94. The second-order valence-electron chi connectivity index (χ2n) is 4.49. The fraction of sp³-hybridized carbons (Fsp3) is 0.231. The van der Waals surface area contributed by atoms with E-state index in [9.17, 15) is 4.79 Å². The van der Waals surface area contributed by atoms with E-state index in [0.29, 0.717) is 32.4 Å². The Hall–Kier alpha value is -1.03. The maximum atomic E-state index is 11.2. The average molecular weight is 316 g/mol. The van der Waals surface area contributed by atoms with Gasteiger partial charge in [0.1, 0.15) is 5.15 Å². The minimum Gasteiger partial charge on any atom is -0.298 e. The van der Waals surface area contributed by atoms with Crippen LogP contribution in [-0.4, -0.2) is 16.1 Å². The van der Waals surface area contributed by atoms with Crippen molar-refractivity contribution in [1.29, 1.82) is 0 Å². The zero-order valence-corrected chi connectivity index (χ0v) is 12.0. The highest BCUT2D eigenvalue weighted by Crippen LogP contribution is 2.42. The van der Waals surface area contributed by atoms with Crippen LogP contribution in [0.1, 0.15) is 34.8 Å². The molecule has 3 nitrogen and oxygen atoms in total. The molecule has 0 aliphatic heterocycles.